The lowest BCUT2D eigenvalue weighted by atomic mass is 10.1. The number of benzene rings is 3. The molecule has 3 heteroatoms. The molecule has 0 aliphatic rings. The van der Waals surface area contributed by atoms with E-state index in [1.54, 1.807) is 11.8 Å². The van der Waals surface area contributed by atoms with E-state index in [-0.39, 0.29) is 0 Å². The summed E-state index contributed by atoms with van der Waals surface area (Å²) in [6, 6.07) is 22.4. The Morgan fingerprint density at radius 3 is 2.45 bits per heavy atom. The molecule has 0 N–H and O–H groups in total. The fourth-order valence-corrected chi connectivity index (χ4v) is 3.68. The van der Waals surface area contributed by atoms with Gasteiger partial charge in [-0.25, -0.2) is 0 Å². The minimum atomic E-state index is 0.721. The van der Waals surface area contributed by atoms with Crippen molar-refractivity contribution in [2.45, 2.75) is 9.79 Å². The first kappa shape index (κ1) is 13.2. The van der Waals surface area contributed by atoms with E-state index in [0.717, 1.165) is 25.7 Å². The summed E-state index contributed by atoms with van der Waals surface area (Å²) in [4.78, 5) is 2.34. The van der Waals surface area contributed by atoms with Gasteiger partial charge in [0.05, 0.1) is 11.6 Å². The van der Waals surface area contributed by atoms with Gasteiger partial charge in [0.2, 0.25) is 0 Å². The van der Waals surface area contributed by atoms with Crippen LogP contribution in [0.25, 0.3) is 10.8 Å². The van der Waals surface area contributed by atoms with E-state index in [1.807, 2.05) is 42.5 Å². The zero-order valence-corrected chi connectivity index (χ0v) is 12.9. The molecule has 1 nitrogen and oxygen atoms in total. The van der Waals surface area contributed by atoms with Crippen molar-refractivity contribution in [1.29, 1.82) is 5.26 Å². The van der Waals surface area contributed by atoms with Gasteiger partial charge < -0.3 is 0 Å². The van der Waals surface area contributed by atoms with Gasteiger partial charge in [0.15, 0.2) is 0 Å². The minimum Gasteiger partial charge on any atom is -0.192 e. The van der Waals surface area contributed by atoms with E-state index >= 15 is 0 Å². The number of halogens is 1. The van der Waals surface area contributed by atoms with E-state index in [4.69, 9.17) is 0 Å². The van der Waals surface area contributed by atoms with Gasteiger partial charge in [0.25, 0.3) is 0 Å². The van der Waals surface area contributed by atoms with E-state index in [1.165, 1.54) is 4.90 Å². The summed E-state index contributed by atoms with van der Waals surface area (Å²) in [5.41, 5.74) is 0.721. The van der Waals surface area contributed by atoms with Gasteiger partial charge in [-0.3, -0.25) is 0 Å². The normalized spacial score (nSPS) is 10.4. The van der Waals surface area contributed by atoms with Crippen LogP contribution >= 0.6 is 27.7 Å². The highest BCUT2D eigenvalue weighted by Gasteiger charge is 2.07. The summed E-state index contributed by atoms with van der Waals surface area (Å²) in [5, 5.41) is 11.3. The maximum Gasteiger partial charge on any atom is 0.0998 e. The summed E-state index contributed by atoms with van der Waals surface area (Å²) in [6.45, 7) is 0. The van der Waals surface area contributed by atoms with Gasteiger partial charge in [0.1, 0.15) is 0 Å². The predicted octanol–water partition coefficient (Wildman–Crippen LogP) is 5.63. The molecule has 3 rings (SSSR count). The second-order valence-electron chi connectivity index (χ2n) is 4.33. The maximum absolute atomic E-state index is 9.19. The van der Waals surface area contributed by atoms with E-state index in [2.05, 4.69) is 40.2 Å². The average molecular weight is 340 g/mol. The summed E-state index contributed by atoms with van der Waals surface area (Å²) in [5.74, 6) is 0. The zero-order chi connectivity index (χ0) is 13.9. The summed E-state index contributed by atoms with van der Waals surface area (Å²) in [6.07, 6.45) is 0. The molecule has 0 saturated heterocycles. The Balaban J connectivity index is 2.11. The van der Waals surface area contributed by atoms with Crippen LogP contribution in [0.15, 0.2) is 74.9 Å². The molecule has 0 aliphatic carbocycles. The van der Waals surface area contributed by atoms with E-state index in [9.17, 15) is 5.26 Å². The zero-order valence-electron chi connectivity index (χ0n) is 10.5. The Hall–Kier alpha value is -1.76. The number of rotatable bonds is 2. The second kappa shape index (κ2) is 5.70. The van der Waals surface area contributed by atoms with Crippen molar-refractivity contribution in [2.75, 3.05) is 0 Å². The molecular weight excluding hydrogens is 330 g/mol. The van der Waals surface area contributed by atoms with Crippen molar-refractivity contribution in [3.63, 3.8) is 0 Å². The van der Waals surface area contributed by atoms with Gasteiger partial charge in [-0.2, -0.15) is 5.26 Å². The van der Waals surface area contributed by atoms with Gasteiger partial charge in [-0.05, 0) is 35.7 Å². The molecule has 0 aromatic heterocycles. The van der Waals surface area contributed by atoms with Crippen LogP contribution in [0.4, 0.5) is 0 Å². The van der Waals surface area contributed by atoms with Crippen molar-refractivity contribution in [2.24, 2.45) is 0 Å². The van der Waals surface area contributed by atoms with Crippen LogP contribution in [0.3, 0.4) is 0 Å². The molecule has 20 heavy (non-hydrogen) atoms. The lowest BCUT2D eigenvalue weighted by Crippen LogP contribution is -1.83. The van der Waals surface area contributed by atoms with Crippen molar-refractivity contribution in [1.82, 2.24) is 0 Å². The molecule has 0 aliphatic heterocycles. The molecule has 0 spiro atoms. The highest BCUT2D eigenvalue weighted by molar-refractivity contribution is 9.10. The molecule has 0 radical (unpaired) electrons. The van der Waals surface area contributed by atoms with Crippen LogP contribution in [0.2, 0.25) is 0 Å². The maximum atomic E-state index is 9.19. The molecule has 3 aromatic carbocycles. The monoisotopic (exact) mass is 339 g/mol. The number of hydrogen-bond donors (Lipinski definition) is 0. The number of hydrogen-bond acceptors (Lipinski definition) is 2. The lowest BCUT2D eigenvalue weighted by Gasteiger charge is -2.08. The van der Waals surface area contributed by atoms with Gasteiger partial charge in [0, 0.05) is 19.6 Å². The third-order valence-electron chi connectivity index (χ3n) is 3.03. The van der Waals surface area contributed by atoms with Crippen LogP contribution in [-0.2, 0) is 0 Å². The Bertz CT molecular complexity index is 821. The van der Waals surface area contributed by atoms with Crippen LogP contribution in [-0.4, -0.2) is 0 Å². The predicted molar refractivity (Wildman–Crippen MR) is 86.9 cm³/mol. The average Bonchev–Trinajstić information content (AvgIpc) is 2.48. The third-order valence-corrected chi connectivity index (χ3v) is 4.59. The van der Waals surface area contributed by atoms with Crippen molar-refractivity contribution in [3.05, 3.63) is 70.7 Å². The Morgan fingerprint density at radius 1 is 0.900 bits per heavy atom. The van der Waals surface area contributed by atoms with Crippen molar-refractivity contribution >= 4 is 38.5 Å². The van der Waals surface area contributed by atoms with Crippen LogP contribution in [0, 0.1) is 11.3 Å². The number of fused-ring (bicyclic) bond motifs is 1. The fourth-order valence-electron chi connectivity index (χ4n) is 2.12. The second-order valence-corrected chi connectivity index (χ2v) is 6.36. The number of nitriles is 1. The number of nitrogens with zero attached hydrogens (tertiary/aromatic N) is 1. The van der Waals surface area contributed by atoms with Crippen LogP contribution in [0.1, 0.15) is 5.56 Å². The third kappa shape index (κ3) is 2.58. The Kier molecular flexibility index (Phi) is 3.77. The van der Waals surface area contributed by atoms with Gasteiger partial charge in [-0.15, -0.1) is 0 Å². The standard InChI is InChI=1S/C17H10BrNS/c18-13-4-3-5-14(10-13)20-17-9-8-12(11-19)15-6-1-2-7-16(15)17/h1-10H. The van der Waals surface area contributed by atoms with Crippen LogP contribution in [0.5, 0.6) is 0 Å². The molecule has 0 unspecified atom stereocenters. The summed E-state index contributed by atoms with van der Waals surface area (Å²) < 4.78 is 1.07. The van der Waals surface area contributed by atoms with E-state index < -0.39 is 0 Å². The largest absolute Gasteiger partial charge is 0.192 e. The molecule has 96 valence electrons. The van der Waals surface area contributed by atoms with Gasteiger partial charge >= 0.3 is 0 Å². The molecule has 3 aromatic rings. The van der Waals surface area contributed by atoms with Crippen molar-refractivity contribution in [3.8, 4) is 6.07 Å². The molecule has 0 saturated carbocycles. The van der Waals surface area contributed by atoms with Crippen molar-refractivity contribution < 1.29 is 0 Å². The molecule has 0 amide bonds. The van der Waals surface area contributed by atoms with Crippen LogP contribution < -0.4 is 0 Å². The minimum absolute atomic E-state index is 0.721. The molecule has 0 bridgehead atoms. The molecule has 0 heterocycles. The molecule has 0 atom stereocenters. The highest BCUT2D eigenvalue weighted by Crippen LogP contribution is 2.35. The summed E-state index contributed by atoms with van der Waals surface area (Å²) in [7, 11) is 0. The first-order valence-electron chi connectivity index (χ1n) is 6.13. The Morgan fingerprint density at radius 2 is 1.70 bits per heavy atom. The molecular formula is C17H10BrNS. The quantitative estimate of drug-likeness (QED) is 0.604. The first-order valence-corrected chi connectivity index (χ1v) is 7.74. The highest BCUT2D eigenvalue weighted by atomic mass is 79.9. The topological polar surface area (TPSA) is 23.8 Å². The van der Waals surface area contributed by atoms with E-state index in [0.29, 0.717) is 0 Å². The van der Waals surface area contributed by atoms with Gasteiger partial charge in [-0.1, -0.05) is 58.0 Å². The summed E-state index contributed by atoms with van der Waals surface area (Å²) >= 11 is 5.20. The smallest absolute Gasteiger partial charge is 0.0998 e. The SMILES string of the molecule is N#Cc1ccc(Sc2cccc(Br)c2)c2ccccc12. The molecule has 0 fully saturated rings. The lowest BCUT2D eigenvalue weighted by molar-refractivity contribution is 1.41. The Labute approximate surface area is 130 Å². The fraction of sp³-hybridized carbons (Fsp3) is 0. The first-order chi connectivity index (χ1) is 9.78.